The van der Waals surface area contributed by atoms with E-state index >= 15 is 0 Å². The lowest BCUT2D eigenvalue weighted by Gasteiger charge is -2.28. The molecule has 1 unspecified atom stereocenters. The van der Waals surface area contributed by atoms with Crippen molar-refractivity contribution in [2.24, 2.45) is 5.41 Å². The molecule has 2 nitrogen and oxygen atoms in total. The Kier molecular flexibility index (Phi) is 3.37. The fourth-order valence-corrected chi connectivity index (χ4v) is 3.65. The van der Waals surface area contributed by atoms with Gasteiger partial charge in [-0.3, -0.25) is 4.98 Å². The largest absolute Gasteiger partial charge is 0.304 e. The first-order valence-corrected chi connectivity index (χ1v) is 7.71. The molecule has 1 heterocycles. The van der Waals surface area contributed by atoms with Crippen molar-refractivity contribution in [2.45, 2.75) is 32.9 Å². The molecule has 1 aliphatic carbocycles. The van der Waals surface area contributed by atoms with Gasteiger partial charge in [-0.15, -0.1) is 11.3 Å². The second-order valence-corrected chi connectivity index (χ2v) is 7.20. The molecule has 0 spiro atoms. The number of thiazole rings is 1. The summed E-state index contributed by atoms with van der Waals surface area (Å²) in [7, 11) is 0. The Labute approximate surface area is 122 Å². The van der Waals surface area contributed by atoms with Crippen molar-refractivity contribution in [2.75, 3.05) is 0 Å². The predicted molar refractivity (Wildman–Crippen MR) is 80.6 cm³/mol. The summed E-state index contributed by atoms with van der Waals surface area (Å²) < 4.78 is 0. The van der Waals surface area contributed by atoms with E-state index in [2.05, 4.69) is 36.3 Å². The van der Waals surface area contributed by atoms with Crippen molar-refractivity contribution in [3.63, 3.8) is 0 Å². The minimum atomic E-state index is 0.220. The monoisotopic (exact) mass is 292 g/mol. The normalized spacial score (nSPS) is 20.5. The Balaban J connectivity index is 1.85. The standard InChI is InChI=1S/C15H17ClN2S/c1-15(2)6-10-3-4-11(16)5-13(10)14(15)18-8-12-7-17-9-19-12/h3-5,7,9,14,18H,6,8H2,1-2H3. The van der Waals surface area contributed by atoms with Crippen LogP contribution in [0.1, 0.15) is 35.9 Å². The Hall–Kier alpha value is -0.900. The molecule has 0 radical (unpaired) electrons. The van der Waals surface area contributed by atoms with Crippen molar-refractivity contribution < 1.29 is 0 Å². The van der Waals surface area contributed by atoms with Crippen LogP contribution in [0.4, 0.5) is 0 Å². The second-order valence-electron chi connectivity index (χ2n) is 5.79. The summed E-state index contributed by atoms with van der Waals surface area (Å²) >= 11 is 7.84. The van der Waals surface area contributed by atoms with E-state index in [4.69, 9.17) is 11.6 Å². The number of hydrogen-bond acceptors (Lipinski definition) is 3. The van der Waals surface area contributed by atoms with Gasteiger partial charge in [0.2, 0.25) is 0 Å². The number of rotatable bonds is 3. The van der Waals surface area contributed by atoms with Crippen molar-refractivity contribution in [3.05, 3.63) is 50.9 Å². The van der Waals surface area contributed by atoms with E-state index in [0.717, 1.165) is 18.0 Å². The second kappa shape index (κ2) is 4.89. The third-order valence-electron chi connectivity index (χ3n) is 3.81. The average molecular weight is 293 g/mol. The summed E-state index contributed by atoms with van der Waals surface area (Å²) in [5.74, 6) is 0. The molecule has 1 aromatic heterocycles. The predicted octanol–water partition coefficient (Wildman–Crippen LogP) is 4.21. The highest BCUT2D eigenvalue weighted by Gasteiger charge is 2.38. The van der Waals surface area contributed by atoms with Crippen LogP contribution in [0, 0.1) is 5.41 Å². The first-order chi connectivity index (χ1) is 9.06. The van der Waals surface area contributed by atoms with Crippen molar-refractivity contribution >= 4 is 22.9 Å². The van der Waals surface area contributed by atoms with E-state index in [9.17, 15) is 0 Å². The smallest absolute Gasteiger partial charge is 0.0794 e. The number of aromatic nitrogens is 1. The summed E-state index contributed by atoms with van der Waals surface area (Å²) in [5, 5.41) is 4.49. The Morgan fingerprint density at radius 3 is 3.05 bits per heavy atom. The molecule has 0 saturated carbocycles. The molecule has 0 amide bonds. The molecule has 19 heavy (non-hydrogen) atoms. The molecule has 0 saturated heterocycles. The zero-order chi connectivity index (χ0) is 13.5. The van der Waals surface area contributed by atoms with Gasteiger partial charge in [-0.2, -0.15) is 0 Å². The third kappa shape index (κ3) is 2.55. The SMILES string of the molecule is CC1(C)Cc2ccc(Cl)cc2C1NCc1cncs1. The van der Waals surface area contributed by atoms with E-state index in [-0.39, 0.29) is 5.41 Å². The van der Waals surface area contributed by atoms with E-state index < -0.39 is 0 Å². The molecular formula is C15H17ClN2S. The Morgan fingerprint density at radius 1 is 1.47 bits per heavy atom. The van der Waals surface area contributed by atoms with Crippen LogP contribution in [0.15, 0.2) is 29.9 Å². The number of fused-ring (bicyclic) bond motifs is 1. The van der Waals surface area contributed by atoms with Gasteiger partial charge >= 0.3 is 0 Å². The first-order valence-electron chi connectivity index (χ1n) is 6.45. The van der Waals surface area contributed by atoms with Crippen molar-refractivity contribution in [1.29, 1.82) is 0 Å². The first kappa shape index (κ1) is 13.1. The molecule has 1 N–H and O–H groups in total. The number of benzene rings is 1. The number of halogens is 1. The third-order valence-corrected chi connectivity index (χ3v) is 4.83. The molecule has 1 aromatic carbocycles. The van der Waals surface area contributed by atoms with Crippen LogP contribution in [0.5, 0.6) is 0 Å². The van der Waals surface area contributed by atoms with Gasteiger partial charge in [-0.05, 0) is 35.1 Å². The van der Waals surface area contributed by atoms with Crippen LogP contribution in [0.25, 0.3) is 0 Å². The minimum Gasteiger partial charge on any atom is -0.304 e. The maximum absolute atomic E-state index is 6.15. The van der Waals surface area contributed by atoms with Crippen LogP contribution in [-0.2, 0) is 13.0 Å². The molecule has 1 atom stereocenters. The van der Waals surface area contributed by atoms with Gasteiger partial charge in [0.1, 0.15) is 0 Å². The number of hydrogen-bond donors (Lipinski definition) is 1. The molecule has 1 aliphatic rings. The van der Waals surface area contributed by atoms with Gasteiger partial charge < -0.3 is 5.32 Å². The van der Waals surface area contributed by atoms with Crippen LogP contribution in [0.2, 0.25) is 5.02 Å². The zero-order valence-corrected chi connectivity index (χ0v) is 12.7. The Bertz CT molecular complexity index is 578. The van der Waals surface area contributed by atoms with Crippen molar-refractivity contribution in [1.82, 2.24) is 10.3 Å². The molecule has 3 rings (SSSR count). The molecule has 4 heteroatoms. The molecule has 0 aliphatic heterocycles. The summed E-state index contributed by atoms with van der Waals surface area (Å²) in [6, 6.07) is 6.61. The molecule has 0 fully saturated rings. The Morgan fingerprint density at radius 2 is 2.32 bits per heavy atom. The van der Waals surface area contributed by atoms with E-state index in [1.807, 2.05) is 17.8 Å². The molecular weight excluding hydrogens is 276 g/mol. The lowest BCUT2D eigenvalue weighted by Crippen LogP contribution is -2.30. The maximum atomic E-state index is 6.15. The maximum Gasteiger partial charge on any atom is 0.0794 e. The lowest BCUT2D eigenvalue weighted by molar-refractivity contribution is 0.268. The average Bonchev–Trinajstić information content (AvgIpc) is 2.92. The fourth-order valence-electron chi connectivity index (χ4n) is 2.93. The van der Waals surface area contributed by atoms with Gasteiger partial charge in [-0.25, -0.2) is 0 Å². The van der Waals surface area contributed by atoms with E-state index in [1.54, 1.807) is 11.3 Å². The highest BCUT2D eigenvalue weighted by molar-refractivity contribution is 7.09. The lowest BCUT2D eigenvalue weighted by atomic mass is 9.85. The highest BCUT2D eigenvalue weighted by Crippen LogP contribution is 2.46. The highest BCUT2D eigenvalue weighted by atomic mass is 35.5. The quantitative estimate of drug-likeness (QED) is 0.916. The molecule has 100 valence electrons. The molecule has 2 aromatic rings. The van der Waals surface area contributed by atoms with Crippen LogP contribution in [0.3, 0.4) is 0 Å². The number of nitrogens with zero attached hydrogens (tertiary/aromatic N) is 1. The van der Waals surface area contributed by atoms with E-state index in [1.165, 1.54) is 16.0 Å². The topological polar surface area (TPSA) is 24.9 Å². The fraction of sp³-hybridized carbons (Fsp3) is 0.400. The summed E-state index contributed by atoms with van der Waals surface area (Å²) in [4.78, 5) is 5.39. The van der Waals surface area contributed by atoms with Gasteiger partial charge in [-0.1, -0.05) is 31.5 Å². The van der Waals surface area contributed by atoms with Crippen LogP contribution in [-0.4, -0.2) is 4.98 Å². The van der Waals surface area contributed by atoms with Crippen molar-refractivity contribution in [3.8, 4) is 0 Å². The van der Waals surface area contributed by atoms with Gasteiger partial charge in [0, 0.05) is 28.7 Å². The van der Waals surface area contributed by atoms with Crippen LogP contribution >= 0.6 is 22.9 Å². The van der Waals surface area contributed by atoms with E-state index in [0.29, 0.717) is 6.04 Å². The van der Waals surface area contributed by atoms with Gasteiger partial charge in [0.25, 0.3) is 0 Å². The zero-order valence-electron chi connectivity index (χ0n) is 11.1. The summed E-state index contributed by atoms with van der Waals surface area (Å²) in [6.45, 7) is 5.49. The summed E-state index contributed by atoms with van der Waals surface area (Å²) in [5.41, 5.74) is 4.86. The minimum absolute atomic E-state index is 0.220. The summed E-state index contributed by atoms with van der Waals surface area (Å²) in [6.07, 6.45) is 3.03. The molecule has 0 bridgehead atoms. The van der Waals surface area contributed by atoms with Gasteiger partial charge in [0.05, 0.1) is 5.51 Å². The number of nitrogens with one attached hydrogen (secondary N) is 1. The van der Waals surface area contributed by atoms with Crippen LogP contribution < -0.4 is 5.32 Å². The van der Waals surface area contributed by atoms with Gasteiger partial charge in [0.15, 0.2) is 0 Å².